The van der Waals surface area contributed by atoms with E-state index in [9.17, 15) is 4.79 Å². The summed E-state index contributed by atoms with van der Waals surface area (Å²) in [6.45, 7) is 0. The van der Waals surface area contributed by atoms with Crippen molar-refractivity contribution in [2.45, 2.75) is 44.6 Å². The molecule has 0 atom stereocenters. The molecule has 0 radical (unpaired) electrons. The van der Waals surface area contributed by atoms with E-state index in [1.807, 2.05) is 0 Å². The Kier molecular flexibility index (Phi) is 6.46. The molecule has 0 saturated heterocycles. The van der Waals surface area contributed by atoms with E-state index in [2.05, 4.69) is 20.6 Å². The number of carbonyl (C=O) groups excluding carboxylic acids is 1. The molecule has 1 aromatic heterocycles. The van der Waals surface area contributed by atoms with Gasteiger partial charge in [-0.1, -0.05) is 25.7 Å². The second kappa shape index (κ2) is 9.21. The summed E-state index contributed by atoms with van der Waals surface area (Å²) in [6, 6.07) is 5.62. The van der Waals surface area contributed by atoms with E-state index < -0.39 is 0 Å². The fraction of sp³-hybridized carbons (Fsp3) is 0.450. The van der Waals surface area contributed by atoms with Crippen LogP contribution in [0.2, 0.25) is 0 Å². The molecule has 0 unspecified atom stereocenters. The van der Waals surface area contributed by atoms with E-state index in [-0.39, 0.29) is 11.6 Å². The lowest BCUT2D eigenvalue weighted by Crippen LogP contribution is -2.20. The number of anilines is 2. The van der Waals surface area contributed by atoms with Crippen molar-refractivity contribution >= 4 is 17.4 Å². The Balaban J connectivity index is 1.61. The van der Waals surface area contributed by atoms with Crippen molar-refractivity contribution in [1.82, 2.24) is 9.97 Å². The van der Waals surface area contributed by atoms with Crippen molar-refractivity contribution < 1.29 is 14.3 Å². The Morgan fingerprint density at radius 3 is 2.37 bits per heavy atom. The van der Waals surface area contributed by atoms with E-state index in [0.717, 1.165) is 12.8 Å². The molecule has 1 saturated carbocycles. The van der Waals surface area contributed by atoms with Crippen LogP contribution in [0.4, 0.5) is 11.5 Å². The zero-order chi connectivity index (χ0) is 19.1. The number of amides is 1. The van der Waals surface area contributed by atoms with E-state index in [0.29, 0.717) is 29.0 Å². The lowest BCUT2D eigenvalue weighted by molar-refractivity contribution is 0.102. The van der Waals surface area contributed by atoms with Gasteiger partial charge in [0, 0.05) is 17.8 Å². The molecule has 7 heteroatoms. The average molecular weight is 370 g/mol. The van der Waals surface area contributed by atoms with E-state index >= 15 is 0 Å². The Bertz CT molecular complexity index is 756. The largest absolute Gasteiger partial charge is 0.493 e. The van der Waals surface area contributed by atoms with E-state index in [1.165, 1.54) is 31.9 Å². The number of ether oxygens (including phenoxy) is 2. The maximum Gasteiger partial charge on any atom is 0.275 e. The molecule has 1 fully saturated rings. The quantitative estimate of drug-likeness (QED) is 0.751. The number of nitrogens with one attached hydrogen (secondary N) is 2. The van der Waals surface area contributed by atoms with Crippen LogP contribution in [-0.2, 0) is 0 Å². The third kappa shape index (κ3) is 5.09. The molecule has 0 bridgehead atoms. The fourth-order valence-corrected chi connectivity index (χ4v) is 3.26. The van der Waals surface area contributed by atoms with Crippen LogP contribution in [0.3, 0.4) is 0 Å². The topological polar surface area (TPSA) is 85.4 Å². The van der Waals surface area contributed by atoms with Gasteiger partial charge in [-0.25, -0.2) is 9.97 Å². The Labute approximate surface area is 159 Å². The van der Waals surface area contributed by atoms with Crippen LogP contribution in [0.15, 0.2) is 30.6 Å². The molecule has 1 aliphatic carbocycles. The predicted octanol–water partition coefficient (Wildman–Crippen LogP) is 3.88. The first kappa shape index (κ1) is 18.9. The van der Waals surface area contributed by atoms with Crippen molar-refractivity contribution in [1.29, 1.82) is 0 Å². The molecule has 1 amide bonds. The van der Waals surface area contributed by atoms with Crippen LogP contribution in [-0.4, -0.2) is 36.1 Å². The first-order valence-corrected chi connectivity index (χ1v) is 9.31. The van der Waals surface area contributed by atoms with Gasteiger partial charge in [0.25, 0.3) is 5.91 Å². The summed E-state index contributed by atoms with van der Waals surface area (Å²) in [4.78, 5) is 21.0. The van der Waals surface area contributed by atoms with E-state index in [4.69, 9.17) is 9.47 Å². The third-order valence-electron chi connectivity index (χ3n) is 4.73. The smallest absolute Gasteiger partial charge is 0.275 e. The zero-order valence-corrected chi connectivity index (χ0v) is 15.8. The Morgan fingerprint density at radius 1 is 1.00 bits per heavy atom. The molecule has 3 rings (SSSR count). The highest BCUT2D eigenvalue weighted by Crippen LogP contribution is 2.29. The molecule has 1 aromatic carbocycles. The summed E-state index contributed by atoms with van der Waals surface area (Å²) < 4.78 is 10.4. The van der Waals surface area contributed by atoms with Gasteiger partial charge in [0.15, 0.2) is 11.5 Å². The number of carbonyl (C=O) groups is 1. The first-order valence-electron chi connectivity index (χ1n) is 9.31. The number of hydrogen-bond donors (Lipinski definition) is 2. The second-order valence-corrected chi connectivity index (χ2v) is 6.64. The van der Waals surface area contributed by atoms with Crippen molar-refractivity contribution in [3.05, 3.63) is 36.3 Å². The Morgan fingerprint density at radius 2 is 1.74 bits per heavy atom. The van der Waals surface area contributed by atoms with Crippen LogP contribution in [0.5, 0.6) is 11.5 Å². The van der Waals surface area contributed by atoms with Gasteiger partial charge in [-0.3, -0.25) is 4.79 Å². The number of methoxy groups -OCH3 is 2. The fourth-order valence-electron chi connectivity index (χ4n) is 3.26. The molecule has 7 nitrogen and oxygen atoms in total. The lowest BCUT2D eigenvalue weighted by atomic mass is 10.1. The summed E-state index contributed by atoms with van der Waals surface area (Å²) in [6.07, 6.45) is 10.5. The average Bonchev–Trinajstić information content (AvgIpc) is 2.97. The molecule has 1 heterocycles. The van der Waals surface area contributed by atoms with Crippen LogP contribution in [0.25, 0.3) is 0 Å². The SMILES string of the molecule is COc1ccc(NC(=O)c2cnc(NC3CCCCCC3)cn2)cc1OC. The predicted molar refractivity (Wildman–Crippen MR) is 105 cm³/mol. The highest BCUT2D eigenvalue weighted by Gasteiger charge is 2.14. The maximum absolute atomic E-state index is 12.4. The molecule has 27 heavy (non-hydrogen) atoms. The van der Waals surface area contributed by atoms with Crippen molar-refractivity contribution in [3.63, 3.8) is 0 Å². The highest BCUT2D eigenvalue weighted by atomic mass is 16.5. The van der Waals surface area contributed by atoms with Gasteiger partial charge in [0.1, 0.15) is 11.5 Å². The maximum atomic E-state index is 12.4. The number of aromatic nitrogens is 2. The van der Waals surface area contributed by atoms with Crippen molar-refractivity contribution in [2.24, 2.45) is 0 Å². The molecular weight excluding hydrogens is 344 g/mol. The van der Waals surface area contributed by atoms with Crippen LogP contribution < -0.4 is 20.1 Å². The highest BCUT2D eigenvalue weighted by molar-refractivity contribution is 6.02. The molecule has 0 aliphatic heterocycles. The van der Waals surface area contributed by atoms with Crippen LogP contribution in [0.1, 0.15) is 49.0 Å². The molecule has 2 aromatic rings. The number of hydrogen-bond acceptors (Lipinski definition) is 6. The lowest BCUT2D eigenvalue weighted by Gasteiger charge is -2.16. The minimum atomic E-state index is -0.323. The van der Waals surface area contributed by atoms with Gasteiger partial charge in [-0.15, -0.1) is 0 Å². The number of benzene rings is 1. The van der Waals surface area contributed by atoms with Gasteiger partial charge in [0.2, 0.25) is 0 Å². The first-order chi connectivity index (χ1) is 13.2. The molecule has 0 spiro atoms. The van der Waals surface area contributed by atoms with Gasteiger partial charge in [0.05, 0.1) is 26.6 Å². The van der Waals surface area contributed by atoms with Gasteiger partial charge >= 0.3 is 0 Å². The molecular formula is C20H26N4O3. The van der Waals surface area contributed by atoms with Gasteiger partial charge < -0.3 is 20.1 Å². The van der Waals surface area contributed by atoms with Crippen molar-refractivity contribution in [3.8, 4) is 11.5 Å². The minimum absolute atomic E-state index is 0.260. The summed E-state index contributed by atoms with van der Waals surface area (Å²) in [5.41, 5.74) is 0.858. The van der Waals surface area contributed by atoms with Gasteiger partial charge in [-0.2, -0.15) is 0 Å². The zero-order valence-electron chi connectivity index (χ0n) is 15.8. The summed E-state index contributed by atoms with van der Waals surface area (Å²) in [5.74, 6) is 1.54. The molecule has 1 aliphatic rings. The number of rotatable bonds is 6. The normalized spacial score (nSPS) is 14.9. The second-order valence-electron chi connectivity index (χ2n) is 6.64. The standard InChI is InChI=1S/C20H26N4O3/c1-26-17-10-9-15(11-18(17)27-2)24-20(25)16-12-22-19(13-21-16)23-14-7-5-3-4-6-8-14/h9-14H,3-8H2,1-2H3,(H,22,23)(H,24,25). The molecule has 2 N–H and O–H groups in total. The van der Waals surface area contributed by atoms with Gasteiger partial charge in [-0.05, 0) is 25.0 Å². The van der Waals surface area contributed by atoms with Crippen LogP contribution >= 0.6 is 0 Å². The van der Waals surface area contributed by atoms with E-state index in [1.54, 1.807) is 38.6 Å². The summed E-state index contributed by atoms with van der Waals surface area (Å²) in [7, 11) is 3.12. The van der Waals surface area contributed by atoms with Crippen molar-refractivity contribution in [2.75, 3.05) is 24.9 Å². The monoisotopic (exact) mass is 370 g/mol. The van der Waals surface area contributed by atoms with Crippen LogP contribution in [0, 0.1) is 0 Å². The summed E-state index contributed by atoms with van der Waals surface area (Å²) in [5, 5.41) is 6.22. The summed E-state index contributed by atoms with van der Waals surface area (Å²) >= 11 is 0. The third-order valence-corrected chi connectivity index (χ3v) is 4.73. The number of nitrogens with zero attached hydrogens (tertiary/aromatic N) is 2. The molecule has 144 valence electrons. The Hall–Kier alpha value is -2.83. The minimum Gasteiger partial charge on any atom is -0.493 e.